The summed E-state index contributed by atoms with van der Waals surface area (Å²) in [7, 11) is 1.58. The second-order valence-corrected chi connectivity index (χ2v) is 9.35. The summed E-state index contributed by atoms with van der Waals surface area (Å²) in [5, 5.41) is 13.9. The van der Waals surface area contributed by atoms with Crippen molar-refractivity contribution < 1.29 is 14.3 Å². The summed E-state index contributed by atoms with van der Waals surface area (Å²) < 4.78 is 5.28. The number of ether oxygens (including phenoxy) is 1. The van der Waals surface area contributed by atoms with Gasteiger partial charge in [-0.3, -0.25) is 9.59 Å². The number of halogens is 1. The average Bonchev–Trinajstić information content (AvgIpc) is 3.19. The number of hydrogen-bond acceptors (Lipinski definition) is 6. The van der Waals surface area contributed by atoms with E-state index in [1.807, 2.05) is 24.3 Å². The number of carbonyl (C=O) groups is 2. The summed E-state index contributed by atoms with van der Waals surface area (Å²) in [4.78, 5) is 30.5. The van der Waals surface area contributed by atoms with Crippen molar-refractivity contribution in [3.63, 3.8) is 0 Å². The molecule has 1 aliphatic carbocycles. The maximum absolute atomic E-state index is 13.3. The summed E-state index contributed by atoms with van der Waals surface area (Å²) in [5.74, 6) is 0.209. The Labute approximate surface area is 216 Å². The van der Waals surface area contributed by atoms with Crippen LogP contribution < -0.4 is 10.1 Å². The third-order valence-corrected chi connectivity index (χ3v) is 7.01. The largest absolute Gasteiger partial charge is 0.497 e. The van der Waals surface area contributed by atoms with Gasteiger partial charge in [-0.05, 0) is 47.5 Å². The first-order chi connectivity index (χ1) is 17.5. The van der Waals surface area contributed by atoms with Crippen LogP contribution in [0.2, 0.25) is 5.02 Å². The van der Waals surface area contributed by atoms with Crippen molar-refractivity contribution in [3.05, 3.63) is 94.6 Å². The molecule has 6 nitrogen and oxygen atoms in total. The van der Waals surface area contributed by atoms with Gasteiger partial charge in [0.05, 0.1) is 18.4 Å². The number of benzene rings is 3. The van der Waals surface area contributed by atoms with Crippen molar-refractivity contribution in [2.75, 3.05) is 18.2 Å². The van der Waals surface area contributed by atoms with Crippen LogP contribution >= 0.6 is 23.4 Å². The Morgan fingerprint density at radius 1 is 1.03 bits per heavy atom. The normalized spacial score (nSPS) is 11.4. The van der Waals surface area contributed by atoms with E-state index in [9.17, 15) is 14.9 Å². The SMILES string of the molecule is COc1ccc(-c2c(C#N)c(SCC(=O)Nc3ccc(Cl)cc3)nc3c2-c2ccccc2C3=O)cc1. The average molecular weight is 512 g/mol. The van der Waals surface area contributed by atoms with E-state index in [0.717, 1.165) is 22.9 Å². The van der Waals surface area contributed by atoms with Crippen molar-refractivity contribution in [1.29, 1.82) is 5.26 Å². The number of nitrogens with one attached hydrogen (secondary N) is 1. The molecule has 36 heavy (non-hydrogen) atoms. The highest BCUT2D eigenvalue weighted by molar-refractivity contribution is 8.00. The smallest absolute Gasteiger partial charge is 0.234 e. The number of carbonyl (C=O) groups excluding carboxylic acids is 2. The first kappa shape index (κ1) is 23.6. The van der Waals surface area contributed by atoms with Crippen molar-refractivity contribution in [1.82, 2.24) is 4.98 Å². The molecule has 8 heteroatoms. The van der Waals surface area contributed by atoms with Crippen LogP contribution in [0, 0.1) is 11.3 Å². The van der Waals surface area contributed by atoms with Gasteiger partial charge >= 0.3 is 0 Å². The summed E-state index contributed by atoms with van der Waals surface area (Å²) >= 11 is 7.02. The number of amides is 1. The van der Waals surface area contributed by atoms with Crippen LogP contribution in [0.3, 0.4) is 0 Å². The molecule has 1 amide bonds. The highest BCUT2D eigenvalue weighted by Crippen LogP contribution is 2.46. The van der Waals surface area contributed by atoms with Gasteiger partial charge in [-0.2, -0.15) is 5.26 Å². The molecule has 4 aromatic rings. The van der Waals surface area contributed by atoms with E-state index < -0.39 is 0 Å². The second-order valence-electron chi connectivity index (χ2n) is 7.95. The lowest BCUT2D eigenvalue weighted by molar-refractivity contribution is -0.113. The molecule has 5 rings (SSSR count). The summed E-state index contributed by atoms with van der Waals surface area (Å²) in [6, 6.07) is 23.6. The molecule has 0 aliphatic heterocycles. The van der Waals surface area contributed by atoms with Gasteiger partial charge in [0, 0.05) is 27.4 Å². The zero-order valence-corrected chi connectivity index (χ0v) is 20.6. The van der Waals surface area contributed by atoms with Crippen LogP contribution in [0.4, 0.5) is 5.69 Å². The molecule has 0 atom stereocenters. The van der Waals surface area contributed by atoms with Crippen molar-refractivity contribution in [2.24, 2.45) is 0 Å². The third kappa shape index (κ3) is 4.33. The fraction of sp³-hybridized carbons (Fsp3) is 0.0714. The molecule has 0 spiro atoms. The molecular weight excluding hydrogens is 494 g/mol. The Hall–Kier alpha value is -4.12. The number of nitriles is 1. The molecular formula is C28H18ClN3O3S. The van der Waals surface area contributed by atoms with Gasteiger partial charge in [0.25, 0.3) is 0 Å². The lowest BCUT2D eigenvalue weighted by Gasteiger charge is -2.15. The maximum Gasteiger partial charge on any atom is 0.234 e. The molecule has 0 radical (unpaired) electrons. The Balaban J connectivity index is 1.57. The number of ketones is 1. The monoisotopic (exact) mass is 511 g/mol. The van der Waals surface area contributed by atoms with Crippen LogP contribution in [-0.2, 0) is 4.79 Å². The van der Waals surface area contributed by atoms with E-state index in [1.54, 1.807) is 55.6 Å². The molecule has 0 saturated carbocycles. The molecule has 1 heterocycles. The number of methoxy groups -OCH3 is 1. The molecule has 1 aromatic heterocycles. The van der Waals surface area contributed by atoms with Gasteiger partial charge in [0.15, 0.2) is 0 Å². The minimum absolute atomic E-state index is 0.00623. The highest BCUT2D eigenvalue weighted by atomic mass is 35.5. The molecule has 0 saturated heterocycles. The van der Waals surface area contributed by atoms with Crippen LogP contribution in [0.15, 0.2) is 77.8 Å². The molecule has 0 unspecified atom stereocenters. The molecule has 1 N–H and O–H groups in total. The van der Waals surface area contributed by atoms with E-state index in [4.69, 9.17) is 16.3 Å². The van der Waals surface area contributed by atoms with E-state index in [2.05, 4.69) is 16.4 Å². The number of thioether (sulfide) groups is 1. The summed E-state index contributed by atoms with van der Waals surface area (Å²) in [6.45, 7) is 0. The van der Waals surface area contributed by atoms with Gasteiger partial charge in [-0.25, -0.2) is 4.98 Å². The number of rotatable bonds is 6. The fourth-order valence-electron chi connectivity index (χ4n) is 4.14. The zero-order valence-electron chi connectivity index (χ0n) is 19.0. The first-order valence-electron chi connectivity index (χ1n) is 10.9. The minimum atomic E-state index is -0.269. The van der Waals surface area contributed by atoms with Crippen molar-refractivity contribution in [2.45, 2.75) is 5.03 Å². The third-order valence-electron chi connectivity index (χ3n) is 5.78. The maximum atomic E-state index is 13.3. The molecule has 0 fully saturated rings. The molecule has 1 aliphatic rings. The second kappa shape index (κ2) is 9.86. The van der Waals surface area contributed by atoms with Crippen LogP contribution in [0.1, 0.15) is 21.6 Å². The fourth-order valence-corrected chi connectivity index (χ4v) is 5.05. The number of nitrogens with zero attached hydrogens (tertiary/aromatic N) is 2. The van der Waals surface area contributed by atoms with E-state index in [1.165, 1.54) is 0 Å². The van der Waals surface area contributed by atoms with Crippen molar-refractivity contribution in [3.8, 4) is 34.1 Å². The van der Waals surface area contributed by atoms with E-state index >= 15 is 0 Å². The topological polar surface area (TPSA) is 92.1 Å². The number of fused-ring (bicyclic) bond motifs is 3. The quantitative estimate of drug-likeness (QED) is 0.272. The van der Waals surface area contributed by atoms with Crippen LogP contribution in [0.5, 0.6) is 5.75 Å². The molecule has 3 aromatic carbocycles. The number of pyridine rings is 1. The predicted molar refractivity (Wildman–Crippen MR) is 141 cm³/mol. The zero-order chi connectivity index (χ0) is 25.2. The van der Waals surface area contributed by atoms with Gasteiger partial charge in [0.2, 0.25) is 11.7 Å². The summed E-state index contributed by atoms with van der Waals surface area (Å²) in [5.41, 5.74) is 4.48. The summed E-state index contributed by atoms with van der Waals surface area (Å²) in [6.07, 6.45) is 0. The van der Waals surface area contributed by atoms with E-state index in [-0.39, 0.29) is 23.1 Å². The van der Waals surface area contributed by atoms with Crippen molar-refractivity contribution >= 4 is 40.7 Å². The Bertz CT molecular complexity index is 1540. The minimum Gasteiger partial charge on any atom is -0.497 e. The lowest BCUT2D eigenvalue weighted by Crippen LogP contribution is -2.14. The van der Waals surface area contributed by atoms with Crippen LogP contribution in [-0.4, -0.2) is 29.5 Å². The molecule has 176 valence electrons. The number of hydrogen-bond donors (Lipinski definition) is 1. The Morgan fingerprint density at radius 2 is 1.72 bits per heavy atom. The van der Waals surface area contributed by atoms with E-state index in [0.29, 0.717) is 43.7 Å². The first-order valence-corrected chi connectivity index (χ1v) is 12.3. The van der Waals surface area contributed by atoms with Gasteiger partial charge in [0.1, 0.15) is 22.5 Å². The number of aromatic nitrogens is 1. The Kier molecular flexibility index (Phi) is 6.47. The predicted octanol–water partition coefficient (Wildman–Crippen LogP) is 6.22. The van der Waals surface area contributed by atoms with Crippen LogP contribution in [0.25, 0.3) is 22.3 Å². The van der Waals surface area contributed by atoms with Gasteiger partial charge < -0.3 is 10.1 Å². The number of anilines is 1. The van der Waals surface area contributed by atoms with Gasteiger partial charge in [-0.15, -0.1) is 0 Å². The standard InChI is InChI=1S/C28H18ClN3O3S/c1-35-19-12-6-16(7-13-19)24-22(14-30)28(36-15-23(33)31-18-10-8-17(29)9-11-18)32-26-25(24)20-4-2-3-5-21(20)27(26)34/h2-13H,15H2,1H3,(H,31,33). The molecule has 0 bridgehead atoms. The Morgan fingerprint density at radius 3 is 2.39 bits per heavy atom. The van der Waals surface area contributed by atoms with Gasteiger partial charge in [-0.1, -0.05) is 59.8 Å². The highest BCUT2D eigenvalue weighted by Gasteiger charge is 2.34. The lowest BCUT2D eigenvalue weighted by atomic mass is 9.93.